The summed E-state index contributed by atoms with van der Waals surface area (Å²) >= 11 is 0. The van der Waals surface area contributed by atoms with Crippen LogP contribution >= 0.6 is 0 Å². The Morgan fingerprint density at radius 1 is 1.19 bits per heavy atom. The van der Waals surface area contributed by atoms with Gasteiger partial charge in [-0.25, -0.2) is 4.39 Å². The number of halogens is 1. The summed E-state index contributed by atoms with van der Waals surface area (Å²) in [5.41, 5.74) is 0.803. The van der Waals surface area contributed by atoms with Crippen LogP contribution in [-0.4, -0.2) is 25.6 Å². The van der Waals surface area contributed by atoms with Crippen LogP contribution in [0.2, 0.25) is 0 Å². The molecule has 0 bridgehead atoms. The fourth-order valence-corrected chi connectivity index (χ4v) is 3.07. The second kappa shape index (κ2) is 7.35. The normalized spacial score (nSPS) is 21.3. The van der Waals surface area contributed by atoms with E-state index in [-0.39, 0.29) is 11.9 Å². The molecule has 1 aliphatic heterocycles. The van der Waals surface area contributed by atoms with Crippen LogP contribution in [0.5, 0.6) is 5.75 Å². The maximum Gasteiger partial charge on any atom is 0.163 e. The molecule has 0 unspecified atom stereocenters. The van der Waals surface area contributed by atoms with Gasteiger partial charge in [0.2, 0.25) is 0 Å². The average Bonchev–Trinajstić information content (AvgIpc) is 3.00. The van der Waals surface area contributed by atoms with Gasteiger partial charge >= 0.3 is 0 Å². The molecule has 0 saturated carbocycles. The summed E-state index contributed by atoms with van der Waals surface area (Å²) in [6.07, 6.45) is -0.355. The van der Waals surface area contributed by atoms with Crippen LogP contribution in [0, 0.1) is 5.82 Å². The van der Waals surface area contributed by atoms with Gasteiger partial charge < -0.3 is 18.9 Å². The van der Waals surface area contributed by atoms with Crippen molar-refractivity contribution in [3.05, 3.63) is 65.5 Å². The average molecular weight is 360 g/mol. The van der Waals surface area contributed by atoms with Gasteiger partial charge in [-0.05, 0) is 44.0 Å². The van der Waals surface area contributed by atoms with Crippen molar-refractivity contribution in [2.24, 2.45) is 0 Å². The Bertz CT molecular complexity index is 747. The molecule has 0 N–H and O–H groups in total. The van der Waals surface area contributed by atoms with Crippen molar-refractivity contribution in [1.29, 1.82) is 0 Å². The van der Waals surface area contributed by atoms with Gasteiger partial charge in [0.1, 0.15) is 29.9 Å². The standard InChI is InChI=1S/C21H25FO4/c1-20(2)25-14-19(26-20)21(3,23-4)16-10-17(22)12-18(11-16)24-13-15-8-6-5-7-9-15/h5-12,19H,13-14H2,1-4H3/t19-,21+/m1/s1. The molecule has 2 atom stereocenters. The van der Waals surface area contributed by atoms with Crippen molar-refractivity contribution in [2.75, 3.05) is 13.7 Å². The molecular weight excluding hydrogens is 335 g/mol. The van der Waals surface area contributed by atoms with E-state index in [1.54, 1.807) is 13.2 Å². The van der Waals surface area contributed by atoms with Gasteiger partial charge in [-0.3, -0.25) is 0 Å². The zero-order valence-electron chi connectivity index (χ0n) is 15.6. The van der Waals surface area contributed by atoms with Gasteiger partial charge in [-0.2, -0.15) is 0 Å². The minimum atomic E-state index is -0.860. The first-order chi connectivity index (χ1) is 12.3. The van der Waals surface area contributed by atoms with Gasteiger partial charge in [-0.15, -0.1) is 0 Å². The molecule has 2 aromatic rings. The number of ether oxygens (including phenoxy) is 4. The summed E-state index contributed by atoms with van der Waals surface area (Å²) in [6, 6.07) is 14.4. The monoisotopic (exact) mass is 360 g/mol. The Kier molecular flexibility index (Phi) is 5.32. The Morgan fingerprint density at radius 2 is 1.92 bits per heavy atom. The molecule has 1 aliphatic rings. The number of hydrogen-bond acceptors (Lipinski definition) is 4. The van der Waals surface area contributed by atoms with E-state index in [4.69, 9.17) is 18.9 Å². The molecule has 26 heavy (non-hydrogen) atoms. The molecule has 0 aliphatic carbocycles. The minimum absolute atomic E-state index is 0.355. The molecule has 0 aromatic heterocycles. The second-order valence-electron chi connectivity index (χ2n) is 7.08. The van der Waals surface area contributed by atoms with Gasteiger partial charge in [0, 0.05) is 13.2 Å². The summed E-state index contributed by atoms with van der Waals surface area (Å²) < 4.78 is 37.4. The molecule has 1 saturated heterocycles. The van der Waals surface area contributed by atoms with E-state index in [2.05, 4.69) is 0 Å². The lowest BCUT2D eigenvalue weighted by molar-refractivity contribution is -0.175. The van der Waals surface area contributed by atoms with E-state index in [1.807, 2.05) is 51.1 Å². The summed E-state index contributed by atoms with van der Waals surface area (Å²) in [5, 5.41) is 0. The van der Waals surface area contributed by atoms with Crippen LogP contribution in [-0.2, 0) is 26.4 Å². The van der Waals surface area contributed by atoms with E-state index in [0.717, 1.165) is 5.56 Å². The Labute approximate surface area is 153 Å². The van der Waals surface area contributed by atoms with E-state index >= 15 is 0 Å². The van der Waals surface area contributed by atoms with Gasteiger partial charge in [0.05, 0.1) is 6.61 Å². The molecule has 4 nitrogen and oxygen atoms in total. The van der Waals surface area contributed by atoms with Crippen molar-refractivity contribution in [2.45, 2.75) is 44.9 Å². The molecule has 0 radical (unpaired) electrons. The lowest BCUT2D eigenvalue weighted by atomic mass is 9.89. The molecule has 140 valence electrons. The maximum absolute atomic E-state index is 14.3. The maximum atomic E-state index is 14.3. The molecule has 1 heterocycles. The predicted molar refractivity (Wildman–Crippen MR) is 96.4 cm³/mol. The van der Waals surface area contributed by atoms with E-state index < -0.39 is 11.4 Å². The van der Waals surface area contributed by atoms with Crippen LogP contribution in [0.1, 0.15) is 31.9 Å². The fraction of sp³-hybridized carbons (Fsp3) is 0.429. The Balaban J connectivity index is 1.83. The summed E-state index contributed by atoms with van der Waals surface area (Å²) in [4.78, 5) is 0. The third-order valence-electron chi connectivity index (χ3n) is 4.74. The van der Waals surface area contributed by atoms with Crippen LogP contribution in [0.25, 0.3) is 0 Å². The summed E-state index contributed by atoms with van der Waals surface area (Å²) in [7, 11) is 1.59. The lowest BCUT2D eigenvalue weighted by Crippen LogP contribution is -2.41. The van der Waals surface area contributed by atoms with Crippen molar-refractivity contribution in [3.63, 3.8) is 0 Å². The molecule has 3 rings (SSSR count). The van der Waals surface area contributed by atoms with Crippen molar-refractivity contribution < 1.29 is 23.3 Å². The molecule has 0 spiro atoms. The summed E-state index contributed by atoms with van der Waals surface area (Å²) in [6.45, 7) is 6.31. The largest absolute Gasteiger partial charge is 0.489 e. The van der Waals surface area contributed by atoms with E-state index in [1.165, 1.54) is 12.1 Å². The first-order valence-electron chi connectivity index (χ1n) is 8.67. The fourth-order valence-electron chi connectivity index (χ4n) is 3.07. The first kappa shape index (κ1) is 18.8. The SMILES string of the molecule is CO[C@@](C)(c1cc(F)cc(OCc2ccccc2)c1)[C@H]1COC(C)(C)O1. The van der Waals surface area contributed by atoms with Crippen LogP contribution in [0.3, 0.4) is 0 Å². The Hall–Kier alpha value is -1.95. The highest BCUT2D eigenvalue weighted by Gasteiger charge is 2.46. The van der Waals surface area contributed by atoms with Crippen LogP contribution in [0.15, 0.2) is 48.5 Å². The molecule has 0 amide bonds. The molecule has 2 aromatic carbocycles. The highest BCUT2D eigenvalue weighted by molar-refractivity contribution is 5.34. The number of benzene rings is 2. The van der Waals surface area contributed by atoms with Crippen molar-refractivity contribution in [1.82, 2.24) is 0 Å². The number of hydrogen-bond donors (Lipinski definition) is 0. The highest BCUT2D eigenvalue weighted by atomic mass is 19.1. The summed E-state index contributed by atoms with van der Waals surface area (Å²) in [5.74, 6) is -0.623. The number of methoxy groups -OCH3 is 1. The lowest BCUT2D eigenvalue weighted by Gasteiger charge is -2.34. The molecular formula is C21H25FO4. The van der Waals surface area contributed by atoms with E-state index in [0.29, 0.717) is 24.5 Å². The zero-order valence-corrected chi connectivity index (χ0v) is 15.6. The van der Waals surface area contributed by atoms with Crippen LogP contribution in [0.4, 0.5) is 4.39 Å². The van der Waals surface area contributed by atoms with Gasteiger partial charge in [0.25, 0.3) is 0 Å². The second-order valence-corrected chi connectivity index (χ2v) is 7.08. The molecule has 5 heteroatoms. The van der Waals surface area contributed by atoms with Gasteiger partial charge in [-0.1, -0.05) is 30.3 Å². The minimum Gasteiger partial charge on any atom is -0.489 e. The highest BCUT2D eigenvalue weighted by Crippen LogP contribution is 2.39. The molecule has 1 fully saturated rings. The number of rotatable bonds is 6. The van der Waals surface area contributed by atoms with Crippen molar-refractivity contribution >= 4 is 0 Å². The smallest absolute Gasteiger partial charge is 0.163 e. The van der Waals surface area contributed by atoms with Gasteiger partial charge in [0.15, 0.2) is 5.79 Å². The third-order valence-corrected chi connectivity index (χ3v) is 4.74. The first-order valence-corrected chi connectivity index (χ1v) is 8.67. The predicted octanol–water partition coefficient (Wildman–Crippen LogP) is 4.42. The zero-order chi connectivity index (χ0) is 18.8. The Morgan fingerprint density at radius 3 is 2.54 bits per heavy atom. The topological polar surface area (TPSA) is 36.9 Å². The van der Waals surface area contributed by atoms with Crippen LogP contribution < -0.4 is 4.74 Å². The third kappa shape index (κ3) is 4.06. The van der Waals surface area contributed by atoms with Crippen molar-refractivity contribution in [3.8, 4) is 5.75 Å². The van der Waals surface area contributed by atoms with E-state index in [9.17, 15) is 4.39 Å². The quantitative estimate of drug-likeness (QED) is 0.764.